The molecule has 0 saturated carbocycles. The van der Waals surface area contributed by atoms with Gasteiger partial charge in [-0.15, -0.1) is 10.2 Å². The Kier molecular flexibility index (Phi) is 6.66. The largest absolute Gasteiger partial charge is 0.390 e. The maximum atomic E-state index is 10.1. The van der Waals surface area contributed by atoms with E-state index in [0.29, 0.717) is 13.1 Å². The zero-order valence-electron chi connectivity index (χ0n) is 12.0. The standard InChI is InChI=1S/C12H22N4O2S2/c1-15(9-11-13-14-12(19-2)20-11)7-10(17)8-16-3-5-18-6-4-16/h10,17H,3-9H2,1-2H3/t10-/m0/s1. The fourth-order valence-corrected chi connectivity index (χ4v) is 3.57. The van der Waals surface area contributed by atoms with Crippen molar-refractivity contribution in [2.75, 3.05) is 52.7 Å². The molecule has 1 aliphatic heterocycles. The minimum absolute atomic E-state index is 0.342. The third kappa shape index (κ3) is 5.27. The Balaban J connectivity index is 1.71. The first-order chi connectivity index (χ1) is 9.67. The van der Waals surface area contributed by atoms with Crippen LogP contribution in [0.3, 0.4) is 0 Å². The molecule has 1 saturated heterocycles. The Hall–Kier alpha value is -0.250. The summed E-state index contributed by atoms with van der Waals surface area (Å²) in [5.41, 5.74) is 0. The molecule has 2 heterocycles. The van der Waals surface area contributed by atoms with E-state index in [1.54, 1.807) is 23.1 Å². The average molecular weight is 318 g/mol. The van der Waals surface area contributed by atoms with Crippen LogP contribution < -0.4 is 0 Å². The fraction of sp³-hybridized carbons (Fsp3) is 0.833. The highest BCUT2D eigenvalue weighted by atomic mass is 32.2. The molecule has 1 aromatic heterocycles. The molecule has 0 aliphatic carbocycles. The maximum absolute atomic E-state index is 10.1. The summed E-state index contributed by atoms with van der Waals surface area (Å²) in [6.45, 7) is 5.45. The predicted molar refractivity (Wildman–Crippen MR) is 81.3 cm³/mol. The lowest BCUT2D eigenvalue weighted by Crippen LogP contribution is -2.43. The van der Waals surface area contributed by atoms with Crippen LogP contribution in [0.2, 0.25) is 0 Å². The van der Waals surface area contributed by atoms with Gasteiger partial charge in [0.05, 0.1) is 25.9 Å². The third-order valence-electron chi connectivity index (χ3n) is 3.12. The Bertz CT molecular complexity index is 399. The van der Waals surface area contributed by atoms with Crippen LogP contribution in [0.25, 0.3) is 0 Å². The average Bonchev–Trinajstić information content (AvgIpc) is 2.87. The number of rotatable bonds is 7. The van der Waals surface area contributed by atoms with Crippen molar-refractivity contribution in [1.29, 1.82) is 0 Å². The highest BCUT2D eigenvalue weighted by Crippen LogP contribution is 2.20. The van der Waals surface area contributed by atoms with Crippen LogP contribution in [-0.4, -0.2) is 83.9 Å². The van der Waals surface area contributed by atoms with E-state index in [2.05, 4.69) is 20.0 Å². The van der Waals surface area contributed by atoms with Crippen LogP contribution in [-0.2, 0) is 11.3 Å². The number of likely N-dealkylation sites (N-methyl/N-ethyl adjacent to an activating group) is 1. The van der Waals surface area contributed by atoms with Crippen molar-refractivity contribution < 1.29 is 9.84 Å². The number of hydrogen-bond acceptors (Lipinski definition) is 8. The maximum Gasteiger partial charge on any atom is 0.174 e. The molecule has 0 spiro atoms. The summed E-state index contributed by atoms with van der Waals surface area (Å²) in [5, 5.41) is 19.4. The van der Waals surface area contributed by atoms with E-state index in [9.17, 15) is 5.11 Å². The zero-order chi connectivity index (χ0) is 14.4. The topological polar surface area (TPSA) is 61.7 Å². The van der Waals surface area contributed by atoms with E-state index in [4.69, 9.17) is 4.74 Å². The molecule has 1 N–H and O–H groups in total. The molecule has 0 radical (unpaired) electrons. The van der Waals surface area contributed by atoms with E-state index in [1.165, 1.54) is 0 Å². The molecule has 8 heteroatoms. The smallest absolute Gasteiger partial charge is 0.174 e. The van der Waals surface area contributed by atoms with Crippen molar-refractivity contribution in [3.05, 3.63) is 5.01 Å². The Morgan fingerprint density at radius 2 is 2.20 bits per heavy atom. The van der Waals surface area contributed by atoms with Crippen molar-refractivity contribution in [1.82, 2.24) is 20.0 Å². The third-order valence-corrected chi connectivity index (χ3v) is 5.01. The number of aliphatic hydroxyl groups is 1. The van der Waals surface area contributed by atoms with E-state index < -0.39 is 0 Å². The minimum atomic E-state index is -0.342. The molecule has 0 unspecified atom stereocenters. The van der Waals surface area contributed by atoms with E-state index in [-0.39, 0.29) is 6.10 Å². The van der Waals surface area contributed by atoms with Crippen LogP contribution in [0.15, 0.2) is 4.34 Å². The number of hydrogen-bond donors (Lipinski definition) is 1. The van der Waals surface area contributed by atoms with Crippen molar-refractivity contribution in [3.8, 4) is 0 Å². The molecular weight excluding hydrogens is 296 g/mol. The number of ether oxygens (including phenoxy) is 1. The molecule has 1 atom stereocenters. The van der Waals surface area contributed by atoms with Crippen molar-refractivity contribution in [2.24, 2.45) is 0 Å². The molecule has 0 bridgehead atoms. The first-order valence-electron chi connectivity index (χ1n) is 6.70. The second-order valence-electron chi connectivity index (χ2n) is 4.93. The minimum Gasteiger partial charge on any atom is -0.390 e. The Morgan fingerprint density at radius 1 is 1.45 bits per heavy atom. The SMILES string of the molecule is CSc1nnc(CN(C)C[C@H](O)CN2CCOCC2)s1. The normalized spacial score (nSPS) is 18.6. The van der Waals surface area contributed by atoms with Crippen molar-refractivity contribution in [3.63, 3.8) is 0 Å². The van der Waals surface area contributed by atoms with Gasteiger partial charge in [-0.25, -0.2) is 0 Å². The van der Waals surface area contributed by atoms with Gasteiger partial charge in [0.1, 0.15) is 5.01 Å². The molecule has 2 rings (SSSR count). The van der Waals surface area contributed by atoms with Gasteiger partial charge in [0.25, 0.3) is 0 Å². The number of aliphatic hydroxyl groups excluding tert-OH is 1. The van der Waals surface area contributed by atoms with Crippen molar-refractivity contribution in [2.45, 2.75) is 17.0 Å². The first-order valence-corrected chi connectivity index (χ1v) is 8.74. The predicted octanol–water partition coefficient (Wildman–Crippen LogP) is 0.385. The van der Waals surface area contributed by atoms with E-state index in [1.807, 2.05) is 13.3 Å². The lowest BCUT2D eigenvalue weighted by Gasteiger charge is -2.29. The molecule has 20 heavy (non-hydrogen) atoms. The second-order valence-corrected chi connectivity index (χ2v) is 7.04. The summed E-state index contributed by atoms with van der Waals surface area (Å²) >= 11 is 3.23. The summed E-state index contributed by atoms with van der Waals surface area (Å²) in [5.74, 6) is 0. The first kappa shape index (κ1) is 16.1. The molecule has 1 fully saturated rings. The lowest BCUT2D eigenvalue weighted by atomic mass is 10.3. The highest BCUT2D eigenvalue weighted by molar-refractivity contribution is 8.00. The molecule has 1 aliphatic rings. The van der Waals surface area contributed by atoms with E-state index >= 15 is 0 Å². The highest BCUT2D eigenvalue weighted by Gasteiger charge is 2.17. The second kappa shape index (κ2) is 8.26. The molecule has 0 aromatic carbocycles. The quantitative estimate of drug-likeness (QED) is 0.730. The van der Waals surface area contributed by atoms with Gasteiger partial charge >= 0.3 is 0 Å². The van der Waals surface area contributed by atoms with Crippen LogP contribution in [0.4, 0.5) is 0 Å². The van der Waals surface area contributed by atoms with E-state index in [0.717, 1.165) is 42.2 Å². The Labute approximate surface area is 128 Å². The zero-order valence-corrected chi connectivity index (χ0v) is 13.6. The summed E-state index contributed by atoms with van der Waals surface area (Å²) in [6.07, 6.45) is 1.66. The van der Waals surface area contributed by atoms with Crippen LogP contribution in [0, 0.1) is 0 Å². The van der Waals surface area contributed by atoms with Gasteiger partial charge in [-0.2, -0.15) is 0 Å². The number of thioether (sulfide) groups is 1. The van der Waals surface area contributed by atoms with Gasteiger partial charge in [0.2, 0.25) is 0 Å². The summed E-state index contributed by atoms with van der Waals surface area (Å²) in [6, 6.07) is 0. The summed E-state index contributed by atoms with van der Waals surface area (Å²) < 4.78 is 6.29. The molecule has 6 nitrogen and oxygen atoms in total. The van der Waals surface area contributed by atoms with Crippen LogP contribution in [0.5, 0.6) is 0 Å². The number of morpholine rings is 1. The number of nitrogens with zero attached hydrogens (tertiary/aromatic N) is 4. The number of aromatic nitrogens is 2. The lowest BCUT2D eigenvalue weighted by molar-refractivity contribution is 0.00824. The van der Waals surface area contributed by atoms with Crippen molar-refractivity contribution >= 4 is 23.1 Å². The van der Waals surface area contributed by atoms with Gasteiger partial charge < -0.3 is 9.84 Å². The fourth-order valence-electron chi connectivity index (χ4n) is 2.18. The summed E-state index contributed by atoms with van der Waals surface area (Å²) in [4.78, 5) is 4.34. The van der Waals surface area contributed by atoms with Gasteiger partial charge in [0.15, 0.2) is 4.34 Å². The Morgan fingerprint density at radius 3 is 2.85 bits per heavy atom. The molecule has 1 aromatic rings. The van der Waals surface area contributed by atoms with Gasteiger partial charge in [-0.05, 0) is 13.3 Å². The monoisotopic (exact) mass is 318 g/mol. The molecular formula is C12H22N4O2S2. The number of β-amino-alcohol motifs (C(OH)–C–C–N with tert-alkyl or cyclic N) is 1. The van der Waals surface area contributed by atoms with Crippen LogP contribution >= 0.6 is 23.1 Å². The van der Waals surface area contributed by atoms with Gasteiger partial charge in [-0.3, -0.25) is 9.80 Å². The van der Waals surface area contributed by atoms with Crippen LogP contribution in [0.1, 0.15) is 5.01 Å². The molecule has 0 amide bonds. The summed E-state index contributed by atoms with van der Waals surface area (Å²) in [7, 11) is 2.00. The van der Waals surface area contributed by atoms with Gasteiger partial charge in [-0.1, -0.05) is 23.1 Å². The van der Waals surface area contributed by atoms with Gasteiger partial charge in [0, 0.05) is 26.2 Å². The molecule has 114 valence electrons.